The molecule has 2 aromatic carbocycles. The van der Waals surface area contributed by atoms with Gasteiger partial charge in [0.2, 0.25) is 5.91 Å². The van der Waals surface area contributed by atoms with E-state index in [9.17, 15) is 4.79 Å². The van der Waals surface area contributed by atoms with Gasteiger partial charge in [0, 0.05) is 37.8 Å². The van der Waals surface area contributed by atoms with Gasteiger partial charge in [-0.05, 0) is 49.1 Å². The third-order valence-electron chi connectivity index (χ3n) is 6.78. The number of amides is 1. The second-order valence-corrected chi connectivity index (χ2v) is 9.77. The van der Waals surface area contributed by atoms with Gasteiger partial charge >= 0.3 is 0 Å². The fourth-order valence-electron chi connectivity index (χ4n) is 4.52. The Bertz CT molecular complexity index is 1290. The summed E-state index contributed by atoms with van der Waals surface area (Å²) >= 11 is 0. The molecule has 1 atom stereocenters. The Balaban J connectivity index is 1.19. The lowest BCUT2D eigenvalue weighted by Crippen LogP contribution is -2.27. The molecule has 4 aromatic rings. The molecule has 4 rings (SSSR count). The van der Waals surface area contributed by atoms with Crippen LogP contribution in [-0.4, -0.2) is 45.7 Å². The van der Waals surface area contributed by atoms with E-state index in [1.807, 2.05) is 18.2 Å². The van der Waals surface area contributed by atoms with Crippen LogP contribution in [0.4, 0.5) is 5.82 Å². The third-order valence-corrected chi connectivity index (χ3v) is 6.78. The molecule has 0 fully saturated rings. The number of hydroxylamine groups is 1. The number of nitrogens with zero attached hydrogens (tertiary/aromatic N) is 2. The lowest BCUT2D eigenvalue weighted by Gasteiger charge is -2.15. The van der Waals surface area contributed by atoms with E-state index in [-0.39, 0.29) is 11.9 Å². The van der Waals surface area contributed by atoms with E-state index in [1.54, 1.807) is 11.8 Å². The van der Waals surface area contributed by atoms with E-state index in [2.05, 4.69) is 80.3 Å². The highest BCUT2D eigenvalue weighted by atomic mass is 16.5. The molecule has 0 aliphatic rings. The molecule has 0 radical (unpaired) electrons. The van der Waals surface area contributed by atoms with Crippen molar-refractivity contribution in [3.8, 4) is 11.3 Å². The van der Waals surface area contributed by atoms with E-state index < -0.39 is 0 Å². The second kappa shape index (κ2) is 15.0. The maximum atomic E-state index is 11.0. The van der Waals surface area contributed by atoms with Crippen LogP contribution >= 0.6 is 0 Å². The lowest BCUT2D eigenvalue weighted by atomic mass is 10.1. The van der Waals surface area contributed by atoms with E-state index in [0.717, 1.165) is 80.0 Å². The summed E-state index contributed by atoms with van der Waals surface area (Å²) in [7, 11) is 0. The zero-order chi connectivity index (χ0) is 27.3. The molecule has 0 aliphatic carbocycles. The number of rotatable bonds is 16. The van der Waals surface area contributed by atoms with Crippen molar-refractivity contribution < 1.29 is 10.0 Å². The summed E-state index contributed by atoms with van der Waals surface area (Å²) in [6.45, 7) is 5.74. The highest BCUT2D eigenvalue weighted by Crippen LogP contribution is 2.29. The zero-order valence-electron chi connectivity index (χ0n) is 22.5. The molecule has 1 amide bonds. The molecule has 0 unspecified atom stereocenters. The van der Waals surface area contributed by atoms with Gasteiger partial charge in [0.1, 0.15) is 17.8 Å². The van der Waals surface area contributed by atoms with Crippen molar-refractivity contribution in [2.45, 2.75) is 51.6 Å². The summed E-state index contributed by atoms with van der Waals surface area (Å²) in [4.78, 5) is 23.3. The Morgan fingerprint density at radius 1 is 0.923 bits per heavy atom. The maximum Gasteiger partial charge on any atom is 0.243 e. The fourth-order valence-corrected chi connectivity index (χ4v) is 4.52. The number of benzene rings is 2. The van der Waals surface area contributed by atoms with Crippen LogP contribution in [0, 0.1) is 0 Å². The van der Waals surface area contributed by atoms with Crippen LogP contribution < -0.4 is 21.4 Å². The summed E-state index contributed by atoms with van der Waals surface area (Å²) in [6.07, 6.45) is 5.96. The van der Waals surface area contributed by atoms with E-state index >= 15 is 0 Å². The van der Waals surface area contributed by atoms with E-state index in [4.69, 9.17) is 5.21 Å². The van der Waals surface area contributed by atoms with Crippen LogP contribution in [0.25, 0.3) is 22.3 Å². The number of nitrogens with one attached hydrogen (secondary N) is 5. The van der Waals surface area contributed by atoms with Crippen molar-refractivity contribution in [2.24, 2.45) is 0 Å². The number of unbranched alkanes of at least 4 members (excludes halogenated alkanes) is 3. The monoisotopic (exact) mass is 529 g/mol. The first kappa shape index (κ1) is 28.2. The SMILES string of the molecule is C[C@@H](Nc1ncnc2[nH]c(-c3ccc(CNCCNCCCCCCC(=O)NO)cc3)cc12)c1ccccc1. The van der Waals surface area contributed by atoms with Crippen LogP contribution in [0.3, 0.4) is 0 Å². The smallest absolute Gasteiger partial charge is 0.243 e. The predicted octanol–water partition coefficient (Wildman–Crippen LogP) is 4.93. The Labute approximate surface area is 229 Å². The van der Waals surface area contributed by atoms with Gasteiger partial charge in [0.05, 0.1) is 5.39 Å². The van der Waals surface area contributed by atoms with Gasteiger partial charge < -0.3 is 20.9 Å². The Morgan fingerprint density at radius 3 is 2.49 bits per heavy atom. The molecule has 0 saturated carbocycles. The fraction of sp³-hybridized carbons (Fsp3) is 0.367. The standard InChI is InChI=1S/C30H39N7O2/c1-22(24-9-5-4-6-10-24)35-29-26-19-27(36-30(26)34-21-33-29)25-14-12-23(13-15-25)20-32-18-17-31-16-8-3-2-7-11-28(38)37-39/h4-6,9-10,12-15,19,21-22,31-32,39H,2-3,7-8,11,16-18,20H2,1H3,(H,37,38)(H2,33,34,35,36)/t22-/m1/s1. The normalized spacial score (nSPS) is 11.9. The van der Waals surface area contributed by atoms with Crippen LogP contribution in [0.15, 0.2) is 67.0 Å². The van der Waals surface area contributed by atoms with Gasteiger partial charge in [-0.2, -0.15) is 0 Å². The minimum atomic E-state index is -0.308. The topological polar surface area (TPSA) is 127 Å². The number of anilines is 1. The first-order chi connectivity index (χ1) is 19.1. The quantitative estimate of drug-likeness (QED) is 0.0690. The number of H-pyrrole nitrogens is 1. The molecular weight excluding hydrogens is 490 g/mol. The van der Waals surface area contributed by atoms with Gasteiger partial charge in [-0.25, -0.2) is 15.4 Å². The predicted molar refractivity (Wildman–Crippen MR) is 155 cm³/mol. The number of fused-ring (bicyclic) bond motifs is 1. The molecule has 2 heterocycles. The van der Waals surface area contributed by atoms with Crippen molar-refractivity contribution in [1.82, 2.24) is 31.1 Å². The third kappa shape index (κ3) is 8.61. The van der Waals surface area contributed by atoms with Gasteiger partial charge in [0.25, 0.3) is 0 Å². The molecule has 2 aromatic heterocycles. The summed E-state index contributed by atoms with van der Waals surface area (Å²) < 4.78 is 0. The molecule has 6 N–H and O–H groups in total. The Hall–Kier alpha value is -3.79. The van der Waals surface area contributed by atoms with Crippen molar-refractivity contribution in [2.75, 3.05) is 25.0 Å². The molecule has 39 heavy (non-hydrogen) atoms. The van der Waals surface area contributed by atoms with Gasteiger partial charge in [0.15, 0.2) is 0 Å². The number of hydrogen-bond acceptors (Lipinski definition) is 7. The first-order valence-electron chi connectivity index (χ1n) is 13.7. The molecular formula is C30H39N7O2. The average Bonchev–Trinajstić information content (AvgIpc) is 3.42. The lowest BCUT2D eigenvalue weighted by molar-refractivity contribution is -0.129. The second-order valence-electron chi connectivity index (χ2n) is 9.77. The number of hydrogen-bond donors (Lipinski definition) is 6. The molecule has 0 spiro atoms. The van der Waals surface area contributed by atoms with Crippen molar-refractivity contribution in [1.29, 1.82) is 0 Å². The number of carbonyl (C=O) groups excluding carboxylic acids is 1. The number of carbonyl (C=O) groups is 1. The number of aromatic amines is 1. The van der Waals surface area contributed by atoms with Gasteiger partial charge in [-0.15, -0.1) is 0 Å². The molecule has 9 heteroatoms. The van der Waals surface area contributed by atoms with Crippen LogP contribution in [0.2, 0.25) is 0 Å². The summed E-state index contributed by atoms with van der Waals surface area (Å²) in [5, 5.41) is 19.9. The first-order valence-corrected chi connectivity index (χ1v) is 13.7. The highest BCUT2D eigenvalue weighted by molar-refractivity contribution is 5.91. The molecule has 0 bridgehead atoms. The zero-order valence-corrected chi connectivity index (χ0v) is 22.5. The highest BCUT2D eigenvalue weighted by Gasteiger charge is 2.12. The van der Waals surface area contributed by atoms with Gasteiger partial charge in [-0.1, -0.05) is 67.4 Å². The van der Waals surface area contributed by atoms with E-state index in [0.29, 0.717) is 6.42 Å². The minimum absolute atomic E-state index is 0.128. The molecule has 206 valence electrons. The Morgan fingerprint density at radius 2 is 1.69 bits per heavy atom. The largest absolute Gasteiger partial charge is 0.363 e. The van der Waals surface area contributed by atoms with Crippen molar-refractivity contribution >= 4 is 22.8 Å². The summed E-state index contributed by atoms with van der Waals surface area (Å²) in [5.74, 6) is 0.512. The maximum absolute atomic E-state index is 11.0. The molecule has 0 aliphatic heterocycles. The van der Waals surface area contributed by atoms with E-state index in [1.165, 1.54) is 11.1 Å². The van der Waals surface area contributed by atoms with Crippen LogP contribution in [-0.2, 0) is 11.3 Å². The molecule has 9 nitrogen and oxygen atoms in total. The average molecular weight is 530 g/mol. The van der Waals surface area contributed by atoms with Crippen LogP contribution in [0.5, 0.6) is 0 Å². The summed E-state index contributed by atoms with van der Waals surface area (Å²) in [5.41, 5.74) is 7.05. The Kier molecular flexibility index (Phi) is 10.8. The minimum Gasteiger partial charge on any atom is -0.363 e. The molecule has 0 saturated heterocycles. The van der Waals surface area contributed by atoms with Crippen molar-refractivity contribution in [3.05, 3.63) is 78.1 Å². The van der Waals surface area contributed by atoms with Gasteiger partial charge in [-0.3, -0.25) is 10.0 Å². The number of aromatic nitrogens is 3. The summed E-state index contributed by atoms with van der Waals surface area (Å²) in [6, 6.07) is 21.2. The van der Waals surface area contributed by atoms with Crippen LogP contribution in [0.1, 0.15) is 56.2 Å². The van der Waals surface area contributed by atoms with Crippen molar-refractivity contribution in [3.63, 3.8) is 0 Å².